The Morgan fingerprint density at radius 2 is 2.33 bits per heavy atom. The van der Waals surface area contributed by atoms with Crippen molar-refractivity contribution >= 4 is 17.3 Å². The number of aromatic hydroxyl groups is 1. The van der Waals surface area contributed by atoms with Gasteiger partial charge in [-0.1, -0.05) is 0 Å². The number of carbonyl (C=O) groups is 1. The lowest BCUT2D eigenvalue weighted by molar-refractivity contribution is -0.384. The zero-order valence-electron chi connectivity index (χ0n) is 9.46. The molecule has 2 rings (SSSR count). The van der Waals surface area contributed by atoms with Crippen LogP contribution < -0.4 is 5.32 Å². The quantitative estimate of drug-likeness (QED) is 0.479. The first-order valence-corrected chi connectivity index (χ1v) is 5.44. The van der Waals surface area contributed by atoms with Crippen molar-refractivity contribution in [2.24, 2.45) is 5.92 Å². The van der Waals surface area contributed by atoms with Gasteiger partial charge in [0.15, 0.2) is 0 Å². The molecule has 1 heterocycles. The van der Waals surface area contributed by atoms with Gasteiger partial charge in [0.2, 0.25) is 5.91 Å². The molecular weight excluding hydrogens is 240 g/mol. The second-order valence-corrected chi connectivity index (χ2v) is 4.01. The van der Waals surface area contributed by atoms with Crippen molar-refractivity contribution in [2.45, 2.75) is 6.42 Å². The van der Waals surface area contributed by atoms with E-state index in [0.717, 1.165) is 6.07 Å². The van der Waals surface area contributed by atoms with Gasteiger partial charge in [0.1, 0.15) is 5.75 Å². The van der Waals surface area contributed by atoms with Crippen molar-refractivity contribution < 1.29 is 19.6 Å². The molecule has 0 bridgehead atoms. The summed E-state index contributed by atoms with van der Waals surface area (Å²) < 4.78 is 5.08. The molecular formula is C11H12N2O5. The number of hydrogen-bond donors (Lipinski definition) is 2. The van der Waals surface area contributed by atoms with Crippen LogP contribution in [0.1, 0.15) is 6.42 Å². The van der Waals surface area contributed by atoms with Gasteiger partial charge in [0.25, 0.3) is 5.69 Å². The second kappa shape index (κ2) is 5.01. The zero-order valence-corrected chi connectivity index (χ0v) is 9.46. The van der Waals surface area contributed by atoms with Crippen molar-refractivity contribution in [1.29, 1.82) is 0 Å². The predicted octanol–water partition coefficient (Wildman–Crippen LogP) is 1.28. The van der Waals surface area contributed by atoms with Crippen LogP contribution in [0.2, 0.25) is 0 Å². The van der Waals surface area contributed by atoms with E-state index >= 15 is 0 Å². The van der Waals surface area contributed by atoms with Crippen LogP contribution in [0.25, 0.3) is 0 Å². The third-order valence-corrected chi connectivity index (χ3v) is 2.75. The van der Waals surface area contributed by atoms with Gasteiger partial charge in [-0.15, -0.1) is 0 Å². The maximum Gasteiger partial charge on any atom is 0.271 e. The van der Waals surface area contributed by atoms with E-state index in [-0.39, 0.29) is 28.9 Å². The summed E-state index contributed by atoms with van der Waals surface area (Å²) in [5, 5.41) is 22.6. The number of nitro groups is 1. The molecule has 1 atom stereocenters. The summed E-state index contributed by atoms with van der Waals surface area (Å²) in [6.45, 7) is 0.862. The Balaban J connectivity index is 2.14. The number of nitro benzene ring substituents is 1. The van der Waals surface area contributed by atoms with E-state index in [2.05, 4.69) is 5.32 Å². The smallest absolute Gasteiger partial charge is 0.271 e. The van der Waals surface area contributed by atoms with E-state index in [9.17, 15) is 20.0 Å². The van der Waals surface area contributed by atoms with Crippen molar-refractivity contribution in [3.63, 3.8) is 0 Å². The van der Waals surface area contributed by atoms with E-state index in [1.54, 1.807) is 0 Å². The van der Waals surface area contributed by atoms with E-state index in [1.807, 2.05) is 0 Å². The number of benzene rings is 1. The molecule has 0 aromatic heterocycles. The molecule has 1 saturated heterocycles. The summed E-state index contributed by atoms with van der Waals surface area (Å²) in [7, 11) is 0. The third kappa shape index (κ3) is 2.57. The van der Waals surface area contributed by atoms with E-state index < -0.39 is 4.92 Å². The minimum atomic E-state index is -0.590. The molecule has 1 unspecified atom stereocenters. The van der Waals surface area contributed by atoms with Crippen LogP contribution in [0.15, 0.2) is 18.2 Å². The molecule has 96 valence electrons. The monoisotopic (exact) mass is 252 g/mol. The number of nitrogens with zero attached hydrogens (tertiary/aromatic N) is 1. The van der Waals surface area contributed by atoms with Crippen LogP contribution in [-0.2, 0) is 9.53 Å². The molecule has 1 aliphatic heterocycles. The van der Waals surface area contributed by atoms with Crippen LogP contribution in [0.5, 0.6) is 5.75 Å². The average molecular weight is 252 g/mol. The number of non-ortho nitro benzene ring substituents is 1. The van der Waals surface area contributed by atoms with Crippen molar-refractivity contribution in [1.82, 2.24) is 0 Å². The first-order chi connectivity index (χ1) is 8.58. The highest BCUT2D eigenvalue weighted by Crippen LogP contribution is 2.28. The van der Waals surface area contributed by atoms with E-state index in [0.29, 0.717) is 19.6 Å². The Bertz CT molecular complexity index is 482. The molecule has 2 N–H and O–H groups in total. The minimum Gasteiger partial charge on any atom is -0.506 e. The average Bonchev–Trinajstić information content (AvgIpc) is 2.85. The highest BCUT2D eigenvalue weighted by Gasteiger charge is 2.24. The lowest BCUT2D eigenvalue weighted by Gasteiger charge is -2.10. The number of phenols is 1. The lowest BCUT2D eigenvalue weighted by Crippen LogP contribution is -2.22. The summed E-state index contributed by atoms with van der Waals surface area (Å²) in [5.41, 5.74) is -0.146. The maximum absolute atomic E-state index is 11.8. The van der Waals surface area contributed by atoms with Crippen molar-refractivity contribution in [3.8, 4) is 5.75 Å². The fourth-order valence-electron chi connectivity index (χ4n) is 1.71. The predicted molar refractivity (Wildman–Crippen MR) is 62.3 cm³/mol. The summed E-state index contributed by atoms with van der Waals surface area (Å²) in [5.74, 6) is -0.778. The molecule has 0 aliphatic carbocycles. The molecule has 1 fully saturated rings. The Morgan fingerprint density at radius 3 is 2.94 bits per heavy atom. The van der Waals surface area contributed by atoms with Gasteiger partial charge in [-0.3, -0.25) is 14.9 Å². The second-order valence-electron chi connectivity index (χ2n) is 4.01. The molecule has 1 aromatic carbocycles. The molecule has 1 amide bonds. The Labute approximate surface area is 103 Å². The molecule has 0 spiro atoms. The van der Waals surface area contributed by atoms with Crippen LogP contribution in [0, 0.1) is 16.0 Å². The third-order valence-electron chi connectivity index (χ3n) is 2.75. The Hall–Kier alpha value is -2.15. The van der Waals surface area contributed by atoms with Gasteiger partial charge in [-0.25, -0.2) is 0 Å². The number of nitrogens with one attached hydrogen (secondary N) is 1. The van der Waals surface area contributed by atoms with Gasteiger partial charge >= 0.3 is 0 Å². The molecule has 7 nitrogen and oxygen atoms in total. The number of phenolic OH excluding ortho intramolecular Hbond substituents is 1. The molecule has 7 heteroatoms. The number of ether oxygens (including phenoxy) is 1. The zero-order chi connectivity index (χ0) is 13.1. The minimum absolute atomic E-state index is 0.0427. The summed E-state index contributed by atoms with van der Waals surface area (Å²) >= 11 is 0. The summed E-state index contributed by atoms with van der Waals surface area (Å²) in [6.07, 6.45) is 0.613. The molecule has 1 aromatic rings. The Morgan fingerprint density at radius 1 is 1.56 bits per heavy atom. The standard InChI is InChI=1S/C11H12N2O5/c14-10-2-1-8(13(16)17)5-9(10)12-11(15)7-3-4-18-6-7/h1-2,5,7,14H,3-4,6H2,(H,12,15). The van der Waals surface area contributed by atoms with E-state index in [1.165, 1.54) is 12.1 Å². The highest BCUT2D eigenvalue weighted by molar-refractivity contribution is 5.94. The lowest BCUT2D eigenvalue weighted by atomic mass is 10.1. The van der Waals surface area contributed by atoms with Gasteiger partial charge in [0.05, 0.1) is 23.1 Å². The SMILES string of the molecule is O=C(Nc1cc([N+](=O)[O-])ccc1O)C1CCOC1. The molecule has 1 aliphatic rings. The normalized spacial score (nSPS) is 18.6. The fourth-order valence-corrected chi connectivity index (χ4v) is 1.71. The van der Waals surface area contributed by atoms with Gasteiger partial charge in [-0.05, 0) is 12.5 Å². The number of hydrogen-bond acceptors (Lipinski definition) is 5. The number of carbonyl (C=O) groups excluding carboxylic acids is 1. The van der Waals surface area contributed by atoms with E-state index in [4.69, 9.17) is 4.74 Å². The van der Waals surface area contributed by atoms with Crippen LogP contribution in [-0.4, -0.2) is 29.2 Å². The summed E-state index contributed by atoms with van der Waals surface area (Å²) in [4.78, 5) is 21.8. The number of anilines is 1. The van der Waals surface area contributed by atoms with Crippen molar-refractivity contribution in [2.75, 3.05) is 18.5 Å². The molecule has 18 heavy (non-hydrogen) atoms. The van der Waals surface area contributed by atoms with Crippen LogP contribution in [0.3, 0.4) is 0 Å². The molecule has 0 saturated carbocycles. The van der Waals surface area contributed by atoms with Gasteiger partial charge in [0, 0.05) is 18.7 Å². The molecule has 0 radical (unpaired) electrons. The number of rotatable bonds is 3. The van der Waals surface area contributed by atoms with Gasteiger partial charge < -0.3 is 15.2 Å². The largest absolute Gasteiger partial charge is 0.506 e. The highest BCUT2D eigenvalue weighted by atomic mass is 16.6. The maximum atomic E-state index is 11.8. The topological polar surface area (TPSA) is 102 Å². The first kappa shape index (κ1) is 12.3. The van der Waals surface area contributed by atoms with Crippen LogP contribution in [0.4, 0.5) is 11.4 Å². The number of amides is 1. The van der Waals surface area contributed by atoms with Gasteiger partial charge in [-0.2, -0.15) is 0 Å². The summed E-state index contributed by atoms with van der Waals surface area (Å²) in [6, 6.07) is 3.48. The van der Waals surface area contributed by atoms with Crippen molar-refractivity contribution in [3.05, 3.63) is 28.3 Å². The first-order valence-electron chi connectivity index (χ1n) is 5.44. The Kier molecular flexibility index (Phi) is 3.42. The van der Waals surface area contributed by atoms with Crippen LogP contribution >= 0.6 is 0 Å². The fraction of sp³-hybridized carbons (Fsp3) is 0.364.